The van der Waals surface area contributed by atoms with E-state index in [0.29, 0.717) is 23.5 Å². The molecule has 0 atom stereocenters. The third-order valence-electron chi connectivity index (χ3n) is 3.06. The molecule has 1 heterocycles. The molecule has 0 bridgehead atoms. The van der Waals surface area contributed by atoms with E-state index in [2.05, 4.69) is 4.98 Å². The number of carbonyl (C=O) groups excluding carboxylic acids is 1. The summed E-state index contributed by atoms with van der Waals surface area (Å²) in [5.74, 6) is 0.526. The Morgan fingerprint density at radius 2 is 2.25 bits per heavy atom. The molecule has 0 fully saturated rings. The number of nitrogens with two attached hydrogens (primary N) is 1. The van der Waals surface area contributed by atoms with Crippen molar-refractivity contribution in [2.45, 2.75) is 13.5 Å². The minimum Gasteiger partial charge on any atom is -0.497 e. The van der Waals surface area contributed by atoms with Gasteiger partial charge in [-0.05, 0) is 19.1 Å². The van der Waals surface area contributed by atoms with E-state index >= 15 is 0 Å². The van der Waals surface area contributed by atoms with E-state index < -0.39 is 0 Å². The first kappa shape index (κ1) is 14.3. The van der Waals surface area contributed by atoms with Crippen molar-refractivity contribution in [3.8, 4) is 5.75 Å². The summed E-state index contributed by atoms with van der Waals surface area (Å²) in [7, 11) is 3.32. The molecule has 2 aromatic rings. The molecule has 1 aromatic carbocycles. The van der Waals surface area contributed by atoms with Gasteiger partial charge in [-0.25, -0.2) is 4.98 Å². The molecule has 20 heavy (non-hydrogen) atoms. The Kier molecular flexibility index (Phi) is 4.24. The van der Waals surface area contributed by atoms with E-state index in [9.17, 15) is 4.79 Å². The van der Waals surface area contributed by atoms with Crippen molar-refractivity contribution in [3.05, 3.63) is 39.8 Å². The van der Waals surface area contributed by atoms with E-state index in [0.717, 1.165) is 10.6 Å². The van der Waals surface area contributed by atoms with Crippen LogP contribution in [0.1, 0.15) is 20.9 Å². The molecule has 0 aliphatic heterocycles. The molecule has 0 radical (unpaired) electrons. The summed E-state index contributed by atoms with van der Waals surface area (Å²) in [4.78, 5) is 19.3. The smallest absolute Gasteiger partial charge is 0.256 e. The number of carbonyl (C=O) groups is 1. The fourth-order valence-corrected chi connectivity index (χ4v) is 2.66. The lowest BCUT2D eigenvalue weighted by Gasteiger charge is -2.18. The van der Waals surface area contributed by atoms with Crippen LogP contribution in [-0.4, -0.2) is 29.9 Å². The van der Waals surface area contributed by atoms with E-state index in [1.54, 1.807) is 54.1 Å². The molecule has 1 aromatic heterocycles. The van der Waals surface area contributed by atoms with Gasteiger partial charge in [-0.3, -0.25) is 4.79 Å². The first-order valence-corrected chi connectivity index (χ1v) is 6.99. The van der Waals surface area contributed by atoms with Gasteiger partial charge in [0.2, 0.25) is 0 Å². The second-order valence-corrected chi connectivity index (χ2v) is 5.41. The number of rotatable bonds is 4. The molecule has 2 rings (SSSR count). The monoisotopic (exact) mass is 291 g/mol. The number of hydrogen-bond acceptors (Lipinski definition) is 5. The van der Waals surface area contributed by atoms with Gasteiger partial charge in [0, 0.05) is 23.7 Å². The van der Waals surface area contributed by atoms with Crippen LogP contribution in [-0.2, 0) is 6.54 Å². The SMILES string of the molecule is COc1ccc(C(=O)N(C)Cc2scnc2C)c(N)c1. The van der Waals surface area contributed by atoms with Crippen molar-refractivity contribution in [1.82, 2.24) is 9.88 Å². The summed E-state index contributed by atoms with van der Waals surface area (Å²) in [5.41, 5.74) is 9.54. The number of anilines is 1. The summed E-state index contributed by atoms with van der Waals surface area (Å²) in [6.45, 7) is 2.46. The molecular formula is C14H17N3O2S. The Bertz CT molecular complexity index is 625. The maximum absolute atomic E-state index is 12.4. The van der Waals surface area contributed by atoms with Crippen molar-refractivity contribution in [3.63, 3.8) is 0 Å². The van der Waals surface area contributed by atoms with E-state index in [1.165, 1.54) is 0 Å². The van der Waals surface area contributed by atoms with Crippen LogP contribution < -0.4 is 10.5 Å². The molecule has 5 nitrogen and oxygen atoms in total. The topological polar surface area (TPSA) is 68.5 Å². The van der Waals surface area contributed by atoms with Gasteiger partial charge in [-0.1, -0.05) is 0 Å². The number of nitrogens with zero attached hydrogens (tertiary/aromatic N) is 2. The van der Waals surface area contributed by atoms with Crippen LogP contribution in [0.3, 0.4) is 0 Å². The van der Waals surface area contributed by atoms with Crippen LogP contribution in [0.2, 0.25) is 0 Å². The quantitative estimate of drug-likeness (QED) is 0.878. The minimum absolute atomic E-state index is 0.113. The zero-order chi connectivity index (χ0) is 14.7. The van der Waals surface area contributed by atoms with Crippen molar-refractivity contribution in [2.75, 3.05) is 19.9 Å². The Balaban J connectivity index is 2.16. The molecule has 0 aliphatic rings. The van der Waals surface area contributed by atoms with Crippen LogP contribution in [0, 0.1) is 6.92 Å². The third kappa shape index (κ3) is 2.91. The molecule has 0 unspecified atom stereocenters. The van der Waals surface area contributed by atoms with Gasteiger partial charge in [-0.15, -0.1) is 11.3 Å². The summed E-state index contributed by atoms with van der Waals surface area (Å²) in [5, 5.41) is 0. The second-order valence-electron chi connectivity index (χ2n) is 4.48. The summed E-state index contributed by atoms with van der Waals surface area (Å²) in [6, 6.07) is 5.07. The molecule has 0 saturated carbocycles. The second kappa shape index (κ2) is 5.92. The van der Waals surface area contributed by atoms with E-state index in [1.807, 2.05) is 6.92 Å². The van der Waals surface area contributed by atoms with Crippen LogP contribution in [0.4, 0.5) is 5.69 Å². The average molecular weight is 291 g/mol. The summed E-state index contributed by atoms with van der Waals surface area (Å²) >= 11 is 1.54. The maximum Gasteiger partial charge on any atom is 0.256 e. The number of aryl methyl sites for hydroxylation is 1. The third-order valence-corrected chi connectivity index (χ3v) is 3.98. The zero-order valence-electron chi connectivity index (χ0n) is 11.7. The molecule has 106 valence electrons. The van der Waals surface area contributed by atoms with Crippen LogP contribution in [0.25, 0.3) is 0 Å². The molecule has 1 amide bonds. The minimum atomic E-state index is -0.113. The molecule has 0 aliphatic carbocycles. The Morgan fingerprint density at radius 3 is 2.80 bits per heavy atom. The van der Waals surface area contributed by atoms with E-state index in [4.69, 9.17) is 10.5 Å². The van der Waals surface area contributed by atoms with Gasteiger partial charge in [-0.2, -0.15) is 0 Å². The van der Waals surface area contributed by atoms with Gasteiger partial charge in [0.05, 0.1) is 30.4 Å². The number of nitrogen functional groups attached to an aromatic ring is 1. The van der Waals surface area contributed by atoms with Gasteiger partial charge in [0.25, 0.3) is 5.91 Å². The molecular weight excluding hydrogens is 274 g/mol. The highest BCUT2D eigenvalue weighted by Gasteiger charge is 2.16. The predicted molar refractivity (Wildman–Crippen MR) is 80.1 cm³/mol. The number of hydrogen-bond donors (Lipinski definition) is 1. The van der Waals surface area contributed by atoms with Crippen molar-refractivity contribution < 1.29 is 9.53 Å². The number of aromatic nitrogens is 1. The first-order valence-electron chi connectivity index (χ1n) is 6.11. The Morgan fingerprint density at radius 1 is 1.50 bits per heavy atom. The number of methoxy groups -OCH3 is 1. The largest absolute Gasteiger partial charge is 0.497 e. The number of thiazole rings is 1. The lowest BCUT2D eigenvalue weighted by Crippen LogP contribution is -2.26. The van der Waals surface area contributed by atoms with Crippen LogP contribution >= 0.6 is 11.3 Å². The fraction of sp³-hybridized carbons (Fsp3) is 0.286. The lowest BCUT2D eigenvalue weighted by molar-refractivity contribution is 0.0787. The highest BCUT2D eigenvalue weighted by Crippen LogP contribution is 2.22. The number of amides is 1. The zero-order valence-corrected chi connectivity index (χ0v) is 12.5. The van der Waals surface area contributed by atoms with Crippen molar-refractivity contribution in [1.29, 1.82) is 0 Å². The van der Waals surface area contributed by atoms with Gasteiger partial charge in [0.15, 0.2) is 0 Å². The van der Waals surface area contributed by atoms with Crippen molar-refractivity contribution >= 4 is 22.9 Å². The predicted octanol–water partition coefficient (Wildman–Crippen LogP) is 2.31. The molecule has 2 N–H and O–H groups in total. The highest BCUT2D eigenvalue weighted by atomic mass is 32.1. The van der Waals surface area contributed by atoms with E-state index in [-0.39, 0.29) is 5.91 Å². The van der Waals surface area contributed by atoms with Gasteiger partial charge < -0.3 is 15.4 Å². The first-order chi connectivity index (χ1) is 9.52. The van der Waals surface area contributed by atoms with Crippen LogP contribution in [0.15, 0.2) is 23.7 Å². The fourth-order valence-electron chi connectivity index (χ4n) is 1.83. The van der Waals surface area contributed by atoms with Crippen molar-refractivity contribution in [2.24, 2.45) is 0 Å². The standard InChI is InChI=1S/C14H17N3O2S/c1-9-13(20-8-16-9)7-17(2)14(18)11-5-4-10(19-3)6-12(11)15/h4-6,8H,7,15H2,1-3H3. The Labute approximate surface area is 122 Å². The number of benzene rings is 1. The van der Waals surface area contributed by atoms with Crippen LogP contribution in [0.5, 0.6) is 5.75 Å². The number of ether oxygens (including phenoxy) is 1. The maximum atomic E-state index is 12.4. The van der Waals surface area contributed by atoms with Gasteiger partial charge in [0.1, 0.15) is 5.75 Å². The lowest BCUT2D eigenvalue weighted by atomic mass is 10.1. The Hall–Kier alpha value is -2.08. The molecule has 0 saturated heterocycles. The highest BCUT2D eigenvalue weighted by molar-refractivity contribution is 7.09. The normalized spacial score (nSPS) is 10.3. The molecule has 6 heteroatoms. The summed E-state index contributed by atoms with van der Waals surface area (Å²) in [6.07, 6.45) is 0. The van der Waals surface area contributed by atoms with Gasteiger partial charge >= 0.3 is 0 Å². The summed E-state index contributed by atoms with van der Waals surface area (Å²) < 4.78 is 5.08. The molecule has 0 spiro atoms. The average Bonchev–Trinajstić information content (AvgIpc) is 2.83.